The molecule has 0 radical (unpaired) electrons. The van der Waals surface area contributed by atoms with Crippen molar-refractivity contribution >= 4 is 24.0 Å². The molecule has 0 spiro atoms. The Hall–Kier alpha value is -1.06. The third kappa shape index (κ3) is 4.45. The van der Waals surface area contributed by atoms with Gasteiger partial charge < -0.3 is 11.1 Å². The molecule has 1 aromatic carbocycles. The Morgan fingerprint density at radius 2 is 1.90 bits per heavy atom. The summed E-state index contributed by atoms with van der Waals surface area (Å²) in [5.41, 5.74) is 8.05. The quantitative estimate of drug-likeness (QED) is 0.884. The monoisotopic (exact) mass is 310 g/mol. The summed E-state index contributed by atoms with van der Waals surface area (Å²) < 4.78 is 0. The first kappa shape index (κ1) is 18.0. The van der Waals surface area contributed by atoms with Crippen molar-refractivity contribution in [1.82, 2.24) is 0 Å². The molecule has 0 aliphatic heterocycles. The number of hydrogen-bond acceptors (Lipinski definition) is 2. The molecule has 1 saturated carbocycles. The van der Waals surface area contributed by atoms with Gasteiger partial charge >= 0.3 is 0 Å². The number of rotatable bonds is 3. The Bertz CT molecular complexity index is 468. The van der Waals surface area contributed by atoms with Gasteiger partial charge in [0.05, 0.1) is 5.92 Å². The molecule has 1 aliphatic rings. The van der Waals surface area contributed by atoms with Crippen LogP contribution in [0.1, 0.15) is 57.9 Å². The van der Waals surface area contributed by atoms with Gasteiger partial charge in [-0.05, 0) is 43.4 Å². The molecule has 4 heteroatoms. The fraction of sp³-hybridized carbons (Fsp3) is 0.588. The molecule has 0 aromatic heterocycles. The SMILES string of the molecule is CC(C)c1ccc(NC(=O)C2CCCCC2(C)N)cc1.Cl. The molecular formula is C17H27ClN2O. The number of nitrogens with one attached hydrogen (secondary N) is 1. The zero-order chi connectivity index (χ0) is 14.8. The van der Waals surface area contributed by atoms with E-state index in [1.54, 1.807) is 0 Å². The zero-order valence-corrected chi connectivity index (χ0v) is 14.0. The largest absolute Gasteiger partial charge is 0.326 e. The molecule has 0 heterocycles. The molecule has 1 amide bonds. The van der Waals surface area contributed by atoms with Crippen LogP contribution in [0, 0.1) is 5.92 Å². The van der Waals surface area contributed by atoms with E-state index in [1.165, 1.54) is 5.56 Å². The summed E-state index contributed by atoms with van der Waals surface area (Å²) in [5, 5.41) is 3.01. The molecule has 21 heavy (non-hydrogen) atoms. The Morgan fingerprint density at radius 1 is 1.29 bits per heavy atom. The van der Waals surface area contributed by atoms with Gasteiger partial charge in [0.15, 0.2) is 0 Å². The van der Waals surface area contributed by atoms with Crippen molar-refractivity contribution in [2.75, 3.05) is 5.32 Å². The van der Waals surface area contributed by atoms with Crippen LogP contribution in [0.15, 0.2) is 24.3 Å². The Balaban J connectivity index is 0.00000220. The molecule has 1 fully saturated rings. The standard InChI is InChI=1S/C17H26N2O.ClH/c1-12(2)13-7-9-14(10-8-13)19-16(20)15-6-4-5-11-17(15,3)18;/h7-10,12,15H,4-6,11,18H2,1-3H3,(H,19,20);1H. The van der Waals surface area contributed by atoms with Crippen molar-refractivity contribution < 1.29 is 4.79 Å². The third-order valence-corrected chi connectivity index (χ3v) is 4.42. The van der Waals surface area contributed by atoms with E-state index < -0.39 is 0 Å². The van der Waals surface area contributed by atoms with E-state index >= 15 is 0 Å². The van der Waals surface area contributed by atoms with Gasteiger partial charge in [0.25, 0.3) is 0 Å². The molecular weight excluding hydrogens is 284 g/mol. The van der Waals surface area contributed by atoms with Crippen LogP contribution in [0.2, 0.25) is 0 Å². The summed E-state index contributed by atoms with van der Waals surface area (Å²) in [6.45, 7) is 6.32. The van der Waals surface area contributed by atoms with Gasteiger partial charge in [0.2, 0.25) is 5.91 Å². The second-order valence-electron chi connectivity index (χ2n) is 6.57. The Kier molecular flexibility index (Phi) is 6.24. The summed E-state index contributed by atoms with van der Waals surface area (Å²) >= 11 is 0. The first-order chi connectivity index (χ1) is 9.40. The Morgan fingerprint density at radius 3 is 2.43 bits per heavy atom. The number of carbonyl (C=O) groups excluding carboxylic acids is 1. The van der Waals surface area contributed by atoms with E-state index in [0.717, 1.165) is 31.4 Å². The molecule has 3 nitrogen and oxygen atoms in total. The molecule has 2 unspecified atom stereocenters. The minimum Gasteiger partial charge on any atom is -0.326 e. The summed E-state index contributed by atoms with van der Waals surface area (Å²) in [6, 6.07) is 8.10. The minimum atomic E-state index is -0.375. The van der Waals surface area contributed by atoms with Gasteiger partial charge in [-0.15, -0.1) is 12.4 Å². The smallest absolute Gasteiger partial charge is 0.229 e. The highest BCUT2D eigenvalue weighted by Crippen LogP contribution is 2.32. The number of anilines is 1. The highest BCUT2D eigenvalue weighted by Gasteiger charge is 2.37. The number of carbonyl (C=O) groups is 1. The van der Waals surface area contributed by atoms with Crippen LogP contribution >= 0.6 is 12.4 Å². The van der Waals surface area contributed by atoms with Crippen molar-refractivity contribution in [3.05, 3.63) is 29.8 Å². The van der Waals surface area contributed by atoms with E-state index in [4.69, 9.17) is 5.73 Å². The first-order valence-corrected chi connectivity index (χ1v) is 7.60. The van der Waals surface area contributed by atoms with Crippen molar-refractivity contribution in [3.8, 4) is 0 Å². The molecule has 2 rings (SSSR count). The van der Waals surface area contributed by atoms with E-state index in [1.807, 2.05) is 19.1 Å². The molecule has 1 aromatic rings. The zero-order valence-electron chi connectivity index (χ0n) is 13.2. The summed E-state index contributed by atoms with van der Waals surface area (Å²) in [5.74, 6) is 0.485. The van der Waals surface area contributed by atoms with Gasteiger partial charge in [-0.1, -0.05) is 38.8 Å². The van der Waals surface area contributed by atoms with E-state index in [-0.39, 0.29) is 29.8 Å². The third-order valence-electron chi connectivity index (χ3n) is 4.42. The topological polar surface area (TPSA) is 55.1 Å². The van der Waals surface area contributed by atoms with Crippen LogP contribution < -0.4 is 11.1 Å². The predicted octanol–water partition coefficient (Wildman–Crippen LogP) is 4.08. The maximum Gasteiger partial charge on any atom is 0.229 e. The van der Waals surface area contributed by atoms with Crippen LogP contribution in [0.5, 0.6) is 0 Å². The van der Waals surface area contributed by atoms with Gasteiger partial charge in [-0.25, -0.2) is 0 Å². The highest BCUT2D eigenvalue weighted by molar-refractivity contribution is 5.93. The molecule has 0 saturated heterocycles. The lowest BCUT2D eigenvalue weighted by Gasteiger charge is -2.37. The van der Waals surface area contributed by atoms with E-state index in [2.05, 4.69) is 31.3 Å². The lowest BCUT2D eigenvalue weighted by molar-refractivity contribution is -0.122. The average Bonchev–Trinajstić information content (AvgIpc) is 2.38. The van der Waals surface area contributed by atoms with Crippen LogP contribution in [0.4, 0.5) is 5.69 Å². The predicted molar refractivity (Wildman–Crippen MR) is 91.0 cm³/mol. The maximum absolute atomic E-state index is 12.4. The molecule has 0 bridgehead atoms. The number of hydrogen-bond donors (Lipinski definition) is 2. The average molecular weight is 311 g/mol. The second-order valence-corrected chi connectivity index (χ2v) is 6.57. The van der Waals surface area contributed by atoms with Crippen LogP contribution in [-0.4, -0.2) is 11.4 Å². The van der Waals surface area contributed by atoms with E-state index in [0.29, 0.717) is 5.92 Å². The van der Waals surface area contributed by atoms with Gasteiger partial charge in [-0.3, -0.25) is 4.79 Å². The maximum atomic E-state index is 12.4. The van der Waals surface area contributed by atoms with Crippen LogP contribution in [0.25, 0.3) is 0 Å². The minimum absolute atomic E-state index is 0. The number of nitrogens with two attached hydrogens (primary N) is 1. The van der Waals surface area contributed by atoms with Crippen molar-refractivity contribution in [3.63, 3.8) is 0 Å². The van der Waals surface area contributed by atoms with Crippen LogP contribution in [0.3, 0.4) is 0 Å². The normalized spacial score (nSPS) is 25.3. The Labute approximate surface area is 134 Å². The number of amides is 1. The fourth-order valence-electron chi connectivity index (χ4n) is 2.97. The number of halogens is 1. The summed E-state index contributed by atoms with van der Waals surface area (Å²) in [6.07, 6.45) is 4.04. The second kappa shape index (κ2) is 7.28. The summed E-state index contributed by atoms with van der Waals surface area (Å²) in [7, 11) is 0. The summed E-state index contributed by atoms with van der Waals surface area (Å²) in [4.78, 5) is 12.4. The van der Waals surface area contributed by atoms with Gasteiger partial charge in [0, 0.05) is 11.2 Å². The lowest BCUT2D eigenvalue weighted by Crippen LogP contribution is -2.51. The van der Waals surface area contributed by atoms with Gasteiger partial charge in [-0.2, -0.15) is 0 Å². The number of benzene rings is 1. The molecule has 1 aliphatic carbocycles. The van der Waals surface area contributed by atoms with Crippen molar-refractivity contribution in [1.29, 1.82) is 0 Å². The van der Waals surface area contributed by atoms with Gasteiger partial charge in [0.1, 0.15) is 0 Å². The molecule has 118 valence electrons. The highest BCUT2D eigenvalue weighted by atomic mass is 35.5. The molecule has 2 atom stereocenters. The van der Waals surface area contributed by atoms with E-state index in [9.17, 15) is 4.79 Å². The molecule has 3 N–H and O–H groups in total. The first-order valence-electron chi connectivity index (χ1n) is 7.60. The lowest BCUT2D eigenvalue weighted by atomic mass is 9.74. The van der Waals surface area contributed by atoms with Crippen molar-refractivity contribution in [2.45, 2.75) is 57.9 Å². The fourth-order valence-corrected chi connectivity index (χ4v) is 2.97. The van der Waals surface area contributed by atoms with Crippen molar-refractivity contribution in [2.24, 2.45) is 11.7 Å². The van der Waals surface area contributed by atoms with Crippen LogP contribution in [-0.2, 0) is 4.79 Å².